The Balaban J connectivity index is 1.88. The molecule has 28 heavy (non-hydrogen) atoms. The van der Waals surface area contributed by atoms with E-state index in [2.05, 4.69) is 10.4 Å². The molecule has 3 rings (SSSR count). The Morgan fingerprint density at radius 1 is 1.07 bits per heavy atom. The molecule has 0 aliphatic rings. The van der Waals surface area contributed by atoms with E-state index in [0.29, 0.717) is 5.69 Å². The van der Waals surface area contributed by atoms with Gasteiger partial charge in [-0.2, -0.15) is 5.10 Å². The maximum Gasteiger partial charge on any atom is 0.267 e. The van der Waals surface area contributed by atoms with Crippen molar-refractivity contribution in [2.45, 2.75) is 26.8 Å². The third-order valence-electron chi connectivity index (χ3n) is 4.61. The summed E-state index contributed by atoms with van der Waals surface area (Å²) in [4.78, 5) is 25.1. The number of methoxy groups -OCH3 is 1. The molecule has 6 nitrogen and oxygen atoms in total. The first-order valence-corrected chi connectivity index (χ1v) is 9.01. The van der Waals surface area contributed by atoms with Crippen molar-refractivity contribution in [2.24, 2.45) is 0 Å². The van der Waals surface area contributed by atoms with Crippen LogP contribution >= 0.6 is 0 Å². The van der Waals surface area contributed by atoms with Crippen LogP contribution in [0.3, 0.4) is 0 Å². The number of hydrogen-bond donors (Lipinski definition) is 1. The number of nitrogens with zero attached hydrogens (tertiary/aromatic N) is 2. The largest absolute Gasteiger partial charge is 0.497 e. The highest BCUT2D eigenvalue weighted by Gasteiger charge is 2.19. The standard InChI is InChI=1S/C22H23N3O3/c1-14-5-6-15(2)20(13-14)23-22(27)16(3)25-21(26)12-11-19(24-25)17-7-9-18(28-4)10-8-17/h5-13,16H,1-4H3,(H,23,27). The summed E-state index contributed by atoms with van der Waals surface area (Å²) in [6.07, 6.45) is 0. The SMILES string of the molecule is COc1ccc(-c2ccc(=O)n(C(C)C(=O)Nc3cc(C)ccc3C)n2)cc1. The van der Waals surface area contributed by atoms with E-state index in [0.717, 1.165) is 28.1 Å². The number of amides is 1. The van der Waals surface area contributed by atoms with Gasteiger partial charge < -0.3 is 10.1 Å². The van der Waals surface area contributed by atoms with Crippen LogP contribution < -0.4 is 15.6 Å². The van der Waals surface area contributed by atoms with Crippen LogP contribution in [0.4, 0.5) is 5.69 Å². The van der Waals surface area contributed by atoms with Crippen molar-refractivity contribution in [1.29, 1.82) is 0 Å². The normalized spacial score (nSPS) is 11.7. The maximum atomic E-state index is 12.7. The number of rotatable bonds is 5. The van der Waals surface area contributed by atoms with Gasteiger partial charge in [-0.25, -0.2) is 4.68 Å². The molecular formula is C22H23N3O3. The molecule has 1 aromatic heterocycles. The van der Waals surface area contributed by atoms with Crippen LogP contribution in [-0.2, 0) is 4.79 Å². The predicted molar refractivity (Wildman–Crippen MR) is 110 cm³/mol. The lowest BCUT2D eigenvalue weighted by Gasteiger charge is -2.16. The van der Waals surface area contributed by atoms with Gasteiger partial charge in [0, 0.05) is 17.3 Å². The summed E-state index contributed by atoms with van der Waals surface area (Å²) in [6.45, 7) is 5.55. The van der Waals surface area contributed by atoms with Gasteiger partial charge in [0.25, 0.3) is 5.56 Å². The Morgan fingerprint density at radius 3 is 2.46 bits per heavy atom. The van der Waals surface area contributed by atoms with Gasteiger partial charge in [-0.05, 0) is 68.3 Å². The average Bonchev–Trinajstić information content (AvgIpc) is 2.70. The van der Waals surface area contributed by atoms with Gasteiger partial charge >= 0.3 is 0 Å². The monoisotopic (exact) mass is 377 g/mol. The third-order valence-corrected chi connectivity index (χ3v) is 4.61. The van der Waals surface area contributed by atoms with Crippen LogP contribution in [0, 0.1) is 13.8 Å². The minimum Gasteiger partial charge on any atom is -0.497 e. The fourth-order valence-corrected chi connectivity index (χ4v) is 2.84. The highest BCUT2D eigenvalue weighted by Crippen LogP contribution is 2.21. The van der Waals surface area contributed by atoms with Crippen LogP contribution in [0.1, 0.15) is 24.1 Å². The van der Waals surface area contributed by atoms with E-state index < -0.39 is 6.04 Å². The predicted octanol–water partition coefficient (Wildman–Crippen LogP) is 3.74. The molecule has 0 spiro atoms. The van der Waals surface area contributed by atoms with Crippen LogP contribution in [-0.4, -0.2) is 22.8 Å². The number of benzene rings is 2. The second-order valence-electron chi connectivity index (χ2n) is 6.71. The maximum absolute atomic E-state index is 12.7. The van der Waals surface area contributed by atoms with E-state index in [-0.39, 0.29) is 11.5 Å². The molecule has 1 N–H and O–H groups in total. The number of aromatic nitrogens is 2. The van der Waals surface area contributed by atoms with Gasteiger partial charge in [0.1, 0.15) is 11.8 Å². The van der Waals surface area contributed by atoms with Crippen LogP contribution in [0.5, 0.6) is 5.75 Å². The smallest absolute Gasteiger partial charge is 0.267 e. The Hall–Kier alpha value is -3.41. The van der Waals surface area contributed by atoms with Crippen molar-refractivity contribution < 1.29 is 9.53 Å². The van der Waals surface area contributed by atoms with Crippen LogP contribution in [0.15, 0.2) is 59.4 Å². The molecule has 1 atom stereocenters. The van der Waals surface area contributed by atoms with Gasteiger partial charge in [-0.15, -0.1) is 0 Å². The van der Waals surface area contributed by atoms with Crippen molar-refractivity contribution in [3.05, 3.63) is 76.1 Å². The lowest BCUT2D eigenvalue weighted by molar-refractivity contribution is -0.119. The van der Waals surface area contributed by atoms with Gasteiger partial charge in [0.2, 0.25) is 5.91 Å². The summed E-state index contributed by atoms with van der Waals surface area (Å²) < 4.78 is 6.37. The van der Waals surface area contributed by atoms with Crippen molar-refractivity contribution >= 4 is 11.6 Å². The van der Waals surface area contributed by atoms with E-state index in [1.165, 1.54) is 10.7 Å². The molecule has 0 aliphatic carbocycles. The number of aryl methyl sites for hydroxylation is 2. The van der Waals surface area contributed by atoms with E-state index in [1.807, 2.05) is 56.3 Å². The highest BCUT2D eigenvalue weighted by molar-refractivity contribution is 5.94. The second-order valence-corrected chi connectivity index (χ2v) is 6.71. The fourth-order valence-electron chi connectivity index (χ4n) is 2.84. The van der Waals surface area contributed by atoms with Crippen molar-refractivity contribution in [2.75, 3.05) is 12.4 Å². The van der Waals surface area contributed by atoms with Gasteiger partial charge in [0.05, 0.1) is 12.8 Å². The molecule has 2 aromatic carbocycles. The molecule has 0 radical (unpaired) electrons. The molecule has 0 saturated carbocycles. The summed E-state index contributed by atoms with van der Waals surface area (Å²) in [5.41, 5.74) is 3.84. The third kappa shape index (κ3) is 4.11. The zero-order chi connectivity index (χ0) is 20.3. The van der Waals surface area contributed by atoms with Crippen molar-refractivity contribution in [3.8, 4) is 17.0 Å². The molecule has 6 heteroatoms. The van der Waals surface area contributed by atoms with E-state index >= 15 is 0 Å². The molecule has 0 bridgehead atoms. The fraction of sp³-hybridized carbons (Fsp3) is 0.227. The number of carbonyl (C=O) groups is 1. The molecule has 144 valence electrons. The van der Waals surface area contributed by atoms with Crippen molar-refractivity contribution in [3.63, 3.8) is 0 Å². The van der Waals surface area contributed by atoms with Gasteiger partial charge in [-0.3, -0.25) is 9.59 Å². The average molecular weight is 377 g/mol. The first kappa shape index (κ1) is 19.4. The Morgan fingerprint density at radius 2 is 1.79 bits per heavy atom. The van der Waals surface area contributed by atoms with Gasteiger partial charge in [-0.1, -0.05) is 12.1 Å². The molecule has 0 saturated heterocycles. The van der Waals surface area contributed by atoms with Crippen LogP contribution in [0.25, 0.3) is 11.3 Å². The highest BCUT2D eigenvalue weighted by atomic mass is 16.5. The number of hydrogen-bond acceptors (Lipinski definition) is 4. The summed E-state index contributed by atoms with van der Waals surface area (Å²) in [6, 6.07) is 15.5. The first-order valence-electron chi connectivity index (χ1n) is 9.01. The number of anilines is 1. The van der Waals surface area contributed by atoms with E-state index in [4.69, 9.17) is 4.74 Å². The van der Waals surface area contributed by atoms with E-state index in [1.54, 1.807) is 20.1 Å². The van der Waals surface area contributed by atoms with Crippen molar-refractivity contribution in [1.82, 2.24) is 9.78 Å². The van der Waals surface area contributed by atoms with Crippen LogP contribution in [0.2, 0.25) is 0 Å². The summed E-state index contributed by atoms with van der Waals surface area (Å²) in [5, 5.41) is 7.30. The van der Waals surface area contributed by atoms with Gasteiger partial charge in [0.15, 0.2) is 0 Å². The quantitative estimate of drug-likeness (QED) is 0.735. The zero-order valence-corrected chi connectivity index (χ0v) is 16.4. The zero-order valence-electron chi connectivity index (χ0n) is 16.4. The lowest BCUT2D eigenvalue weighted by Crippen LogP contribution is -2.33. The Bertz CT molecular complexity index is 1060. The molecule has 1 unspecified atom stereocenters. The van der Waals surface area contributed by atoms with E-state index in [9.17, 15) is 9.59 Å². The molecule has 3 aromatic rings. The summed E-state index contributed by atoms with van der Waals surface area (Å²) in [7, 11) is 1.60. The molecule has 1 heterocycles. The molecular weight excluding hydrogens is 354 g/mol. The number of nitrogens with one attached hydrogen (secondary N) is 1. The Kier molecular flexibility index (Phi) is 5.59. The second kappa shape index (κ2) is 8.08. The summed E-state index contributed by atoms with van der Waals surface area (Å²) in [5.74, 6) is 0.438. The Labute approximate surface area is 163 Å². The minimum absolute atomic E-state index is 0.296. The summed E-state index contributed by atoms with van der Waals surface area (Å²) >= 11 is 0. The molecule has 1 amide bonds. The minimum atomic E-state index is -0.759. The molecule has 0 aliphatic heterocycles. The first-order chi connectivity index (χ1) is 13.4. The number of ether oxygens (including phenoxy) is 1. The molecule has 0 fully saturated rings. The topological polar surface area (TPSA) is 73.2 Å². The lowest BCUT2D eigenvalue weighted by atomic mass is 10.1. The number of carbonyl (C=O) groups excluding carboxylic acids is 1.